The van der Waals surface area contributed by atoms with Crippen molar-refractivity contribution in [3.8, 4) is 6.07 Å². The highest BCUT2D eigenvalue weighted by atomic mass is 19.1. The molecule has 0 spiro atoms. The summed E-state index contributed by atoms with van der Waals surface area (Å²) in [7, 11) is 0. The van der Waals surface area contributed by atoms with Crippen LogP contribution in [0.1, 0.15) is 49.2 Å². The lowest BCUT2D eigenvalue weighted by atomic mass is 10.1. The van der Waals surface area contributed by atoms with Gasteiger partial charge in [0.05, 0.1) is 35.4 Å². The maximum atomic E-state index is 14.0. The van der Waals surface area contributed by atoms with Gasteiger partial charge in [-0.15, -0.1) is 5.10 Å². The van der Waals surface area contributed by atoms with Crippen LogP contribution in [0, 0.1) is 17.1 Å². The van der Waals surface area contributed by atoms with Crippen molar-refractivity contribution in [1.82, 2.24) is 19.6 Å². The monoisotopic (exact) mass is 472 g/mol. The number of carbonyl (C=O) groups excluding carboxylic acids is 1. The second-order valence-corrected chi connectivity index (χ2v) is 7.99. The number of hydrogen-bond acceptors (Lipinski definition) is 7. The smallest absolute Gasteiger partial charge is 0.276 e. The molecule has 3 heterocycles. The van der Waals surface area contributed by atoms with E-state index in [1.807, 2.05) is 12.1 Å². The van der Waals surface area contributed by atoms with Crippen LogP contribution in [0.25, 0.3) is 5.65 Å². The molecule has 0 radical (unpaired) electrons. The third-order valence-corrected chi connectivity index (χ3v) is 5.47. The van der Waals surface area contributed by atoms with Crippen LogP contribution in [0.15, 0.2) is 55.0 Å². The Morgan fingerprint density at radius 3 is 2.80 bits per heavy atom. The van der Waals surface area contributed by atoms with Gasteiger partial charge in [-0.3, -0.25) is 9.78 Å². The Kier molecular flexibility index (Phi) is 7.16. The number of nitriles is 1. The summed E-state index contributed by atoms with van der Waals surface area (Å²) in [6.07, 6.45) is 6.68. The number of rotatable bonds is 9. The Bertz CT molecular complexity index is 1390. The van der Waals surface area contributed by atoms with Crippen LogP contribution in [-0.2, 0) is 0 Å². The zero-order valence-corrected chi connectivity index (χ0v) is 19.4. The van der Waals surface area contributed by atoms with E-state index in [-0.39, 0.29) is 17.4 Å². The first-order chi connectivity index (χ1) is 17.0. The van der Waals surface area contributed by atoms with Gasteiger partial charge in [0.15, 0.2) is 17.2 Å². The minimum atomic E-state index is -0.643. The van der Waals surface area contributed by atoms with Crippen molar-refractivity contribution >= 4 is 34.4 Å². The minimum Gasteiger partial charge on any atom is -0.366 e. The first-order valence-corrected chi connectivity index (χ1v) is 11.4. The lowest BCUT2D eigenvalue weighted by molar-refractivity contribution is 0.102. The average molecular weight is 473 g/mol. The number of benzene rings is 1. The molecular weight excluding hydrogens is 447 g/mol. The van der Waals surface area contributed by atoms with Gasteiger partial charge in [-0.1, -0.05) is 26.3 Å². The van der Waals surface area contributed by atoms with E-state index in [1.54, 1.807) is 18.2 Å². The van der Waals surface area contributed by atoms with Crippen LogP contribution in [0.5, 0.6) is 0 Å². The molecule has 0 fully saturated rings. The molecule has 35 heavy (non-hydrogen) atoms. The van der Waals surface area contributed by atoms with Gasteiger partial charge in [-0.2, -0.15) is 5.26 Å². The fourth-order valence-electron chi connectivity index (χ4n) is 3.71. The molecule has 1 amide bonds. The highest BCUT2D eigenvalue weighted by Crippen LogP contribution is 2.26. The van der Waals surface area contributed by atoms with Gasteiger partial charge in [0.2, 0.25) is 0 Å². The number of pyridine rings is 1. The average Bonchev–Trinajstić information content (AvgIpc) is 3.30. The number of carbonyl (C=O) groups is 1. The number of halogens is 1. The molecule has 0 saturated carbocycles. The Hall–Kier alpha value is -4.52. The van der Waals surface area contributed by atoms with Crippen molar-refractivity contribution in [3.05, 3.63) is 72.1 Å². The second-order valence-electron chi connectivity index (χ2n) is 7.99. The van der Waals surface area contributed by atoms with Crippen molar-refractivity contribution in [2.45, 2.75) is 39.2 Å². The highest BCUT2D eigenvalue weighted by Gasteiger charge is 2.19. The van der Waals surface area contributed by atoms with E-state index in [1.165, 1.54) is 23.0 Å². The van der Waals surface area contributed by atoms with Crippen LogP contribution >= 0.6 is 0 Å². The molecule has 0 saturated heterocycles. The Morgan fingerprint density at radius 1 is 1.20 bits per heavy atom. The fourth-order valence-corrected chi connectivity index (χ4v) is 3.71. The number of nitrogens with one attached hydrogen (secondary N) is 3. The molecule has 0 unspecified atom stereocenters. The van der Waals surface area contributed by atoms with E-state index < -0.39 is 11.7 Å². The third-order valence-electron chi connectivity index (χ3n) is 5.47. The Labute approximate surface area is 202 Å². The highest BCUT2D eigenvalue weighted by molar-refractivity contribution is 6.03. The lowest BCUT2D eigenvalue weighted by Crippen LogP contribution is -2.21. The zero-order chi connectivity index (χ0) is 24.8. The first-order valence-electron chi connectivity index (χ1n) is 11.4. The molecule has 4 aromatic rings. The van der Waals surface area contributed by atoms with Gasteiger partial charge >= 0.3 is 0 Å². The molecule has 4 rings (SSSR count). The second kappa shape index (κ2) is 10.6. The first kappa shape index (κ1) is 23.6. The molecule has 9 nitrogen and oxygen atoms in total. The number of nitrogens with zero attached hydrogens (tertiary/aromatic N) is 5. The van der Waals surface area contributed by atoms with Crippen molar-refractivity contribution < 1.29 is 9.18 Å². The van der Waals surface area contributed by atoms with E-state index in [2.05, 4.69) is 50.9 Å². The summed E-state index contributed by atoms with van der Waals surface area (Å²) in [6, 6.07) is 12.6. The predicted molar refractivity (Wildman–Crippen MR) is 132 cm³/mol. The topological polar surface area (TPSA) is 120 Å². The molecule has 0 aliphatic heterocycles. The summed E-state index contributed by atoms with van der Waals surface area (Å²) < 4.78 is 15.5. The maximum Gasteiger partial charge on any atom is 0.276 e. The number of amides is 1. The van der Waals surface area contributed by atoms with E-state index >= 15 is 0 Å². The molecular formula is C25H25FN8O. The van der Waals surface area contributed by atoms with Crippen molar-refractivity contribution in [1.29, 1.82) is 5.26 Å². The standard InChI is InChI=1S/C25H25FN8O/c1-3-6-17(4-2)31-23-12-21(30-18-8-5-7-16(11-18)13-27)24-29-15-22(34(24)33-23)25(35)32-20-9-10-28-14-19(20)26/h5,7-12,14-15,17,30H,3-4,6H2,1-2H3,(H,31,33)(H,28,32,35)/t17-/m1/s1. The van der Waals surface area contributed by atoms with E-state index in [4.69, 9.17) is 0 Å². The number of hydrogen-bond donors (Lipinski definition) is 3. The molecule has 3 N–H and O–H groups in total. The quantitative estimate of drug-likeness (QED) is 0.309. The lowest BCUT2D eigenvalue weighted by Gasteiger charge is -2.18. The van der Waals surface area contributed by atoms with Gasteiger partial charge < -0.3 is 16.0 Å². The number of fused-ring (bicyclic) bond motifs is 1. The molecule has 0 aliphatic rings. The maximum absolute atomic E-state index is 14.0. The predicted octanol–water partition coefficient (Wildman–Crippen LogP) is 5.12. The summed E-state index contributed by atoms with van der Waals surface area (Å²) in [4.78, 5) is 21.1. The largest absolute Gasteiger partial charge is 0.366 e. The number of anilines is 4. The van der Waals surface area contributed by atoms with Gasteiger partial charge in [-0.05, 0) is 37.1 Å². The van der Waals surface area contributed by atoms with Crippen molar-refractivity contribution in [3.63, 3.8) is 0 Å². The van der Waals surface area contributed by atoms with Gasteiger partial charge in [0, 0.05) is 24.0 Å². The van der Waals surface area contributed by atoms with E-state index in [9.17, 15) is 14.4 Å². The van der Waals surface area contributed by atoms with Crippen LogP contribution in [0.2, 0.25) is 0 Å². The summed E-state index contributed by atoms with van der Waals surface area (Å²) in [5, 5.41) is 23.1. The number of imidazole rings is 1. The van der Waals surface area contributed by atoms with Crippen molar-refractivity contribution in [2.24, 2.45) is 0 Å². The molecule has 3 aromatic heterocycles. The molecule has 0 aliphatic carbocycles. The molecule has 1 atom stereocenters. The SMILES string of the molecule is CCC[C@@H](CC)Nc1cc(Nc2cccc(C#N)c2)c2ncc(C(=O)Nc3ccncc3F)n2n1. The van der Waals surface area contributed by atoms with Crippen LogP contribution in [-0.4, -0.2) is 31.5 Å². The summed E-state index contributed by atoms with van der Waals surface area (Å²) in [5.41, 5.74) is 2.35. The fraction of sp³-hybridized carbons (Fsp3) is 0.240. The molecule has 1 aromatic carbocycles. The molecule has 0 bridgehead atoms. The van der Waals surface area contributed by atoms with Gasteiger partial charge in [0.25, 0.3) is 5.91 Å². The Balaban J connectivity index is 1.75. The normalized spacial score (nSPS) is 11.6. The summed E-state index contributed by atoms with van der Waals surface area (Å²) in [6.45, 7) is 4.21. The van der Waals surface area contributed by atoms with Crippen LogP contribution in [0.3, 0.4) is 0 Å². The summed E-state index contributed by atoms with van der Waals surface area (Å²) >= 11 is 0. The minimum absolute atomic E-state index is 0.00916. The van der Waals surface area contributed by atoms with Crippen LogP contribution in [0.4, 0.5) is 27.3 Å². The van der Waals surface area contributed by atoms with Crippen LogP contribution < -0.4 is 16.0 Å². The summed E-state index contributed by atoms with van der Waals surface area (Å²) in [5.74, 6) is -0.653. The third kappa shape index (κ3) is 5.35. The van der Waals surface area contributed by atoms with Gasteiger partial charge in [0.1, 0.15) is 5.82 Å². The zero-order valence-electron chi connectivity index (χ0n) is 19.4. The molecule has 178 valence electrons. The van der Waals surface area contributed by atoms with E-state index in [0.29, 0.717) is 28.4 Å². The molecule has 10 heteroatoms. The van der Waals surface area contributed by atoms with Crippen molar-refractivity contribution in [2.75, 3.05) is 16.0 Å². The number of aromatic nitrogens is 4. The van der Waals surface area contributed by atoms with Gasteiger partial charge in [-0.25, -0.2) is 13.9 Å². The Morgan fingerprint density at radius 2 is 2.06 bits per heavy atom. The van der Waals surface area contributed by atoms with E-state index in [0.717, 1.165) is 25.5 Å².